The Morgan fingerprint density at radius 1 is 1.05 bits per heavy atom. The molecule has 3 heteroatoms. The van der Waals surface area contributed by atoms with Crippen LogP contribution in [-0.2, 0) is 6.42 Å². The summed E-state index contributed by atoms with van der Waals surface area (Å²) in [5.41, 5.74) is 6.17. The third-order valence-corrected chi connectivity index (χ3v) is 3.44. The molecule has 0 radical (unpaired) electrons. The molecule has 0 spiro atoms. The lowest BCUT2D eigenvalue weighted by atomic mass is 10.1. The highest BCUT2D eigenvalue weighted by atomic mass is 15.0. The fourth-order valence-corrected chi connectivity index (χ4v) is 2.39. The number of aromatic nitrogens is 2. The summed E-state index contributed by atoms with van der Waals surface area (Å²) in [7, 11) is 0. The summed E-state index contributed by atoms with van der Waals surface area (Å²) >= 11 is 0. The molecule has 1 aromatic carbocycles. The largest absolute Gasteiger partial charge is 0.302 e. The molecule has 0 N–H and O–H groups in total. The zero-order valence-corrected chi connectivity index (χ0v) is 11.6. The molecular weight excluding hydrogens is 246 g/mol. The third-order valence-electron chi connectivity index (χ3n) is 3.44. The molecule has 0 aliphatic rings. The summed E-state index contributed by atoms with van der Waals surface area (Å²) in [6.07, 6.45) is 2.39. The third kappa shape index (κ3) is 2.06. The Morgan fingerprint density at radius 3 is 2.45 bits per heavy atom. The van der Waals surface area contributed by atoms with Gasteiger partial charge in [0.05, 0.1) is 23.9 Å². The number of pyridine rings is 1. The molecule has 3 aromatic rings. The fourth-order valence-electron chi connectivity index (χ4n) is 2.39. The highest BCUT2D eigenvalue weighted by molar-refractivity contribution is 5.67. The van der Waals surface area contributed by atoms with Crippen LogP contribution in [0.15, 0.2) is 42.6 Å². The standard InChI is InChI=1S/C17H15N3/c1-12-3-6-14(7-4-12)17-15(9-10-18)20-11-13(2)5-8-16(20)19-17/h3-8,11H,9H2,1-2H3. The number of fused-ring (bicyclic) bond motifs is 1. The second-order valence-corrected chi connectivity index (χ2v) is 5.04. The Kier molecular flexibility index (Phi) is 3.00. The average molecular weight is 261 g/mol. The molecule has 2 aromatic heterocycles. The van der Waals surface area contributed by atoms with Gasteiger partial charge in [-0.3, -0.25) is 0 Å². The number of benzene rings is 1. The van der Waals surface area contributed by atoms with Crippen LogP contribution in [0.4, 0.5) is 0 Å². The maximum absolute atomic E-state index is 9.09. The molecule has 0 saturated heterocycles. The summed E-state index contributed by atoms with van der Waals surface area (Å²) < 4.78 is 2.02. The van der Waals surface area contributed by atoms with Gasteiger partial charge < -0.3 is 4.40 Å². The van der Waals surface area contributed by atoms with E-state index in [2.05, 4.69) is 42.2 Å². The molecule has 0 aliphatic carbocycles. The van der Waals surface area contributed by atoms with Gasteiger partial charge in [0.15, 0.2) is 0 Å². The van der Waals surface area contributed by atoms with Gasteiger partial charge in [-0.15, -0.1) is 0 Å². The number of hydrogen-bond acceptors (Lipinski definition) is 2. The Morgan fingerprint density at radius 2 is 1.75 bits per heavy atom. The first-order valence-electron chi connectivity index (χ1n) is 6.60. The Balaban J connectivity index is 2.26. The number of hydrogen-bond donors (Lipinski definition) is 0. The molecule has 3 rings (SSSR count). The van der Waals surface area contributed by atoms with Crippen molar-refractivity contribution in [3.05, 3.63) is 59.4 Å². The van der Waals surface area contributed by atoms with Crippen LogP contribution in [0.3, 0.4) is 0 Å². The van der Waals surface area contributed by atoms with Gasteiger partial charge >= 0.3 is 0 Å². The van der Waals surface area contributed by atoms with Gasteiger partial charge in [-0.25, -0.2) is 4.98 Å². The summed E-state index contributed by atoms with van der Waals surface area (Å²) in [6.45, 7) is 4.11. The van der Waals surface area contributed by atoms with Gasteiger partial charge in [-0.05, 0) is 25.5 Å². The molecule has 0 amide bonds. The molecule has 0 aliphatic heterocycles. The predicted octanol–water partition coefficient (Wildman–Crippen LogP) is 3.68. The second kappa shape index (κ2) is 4.82. The molecule has 98 valence electrons. The number of aryl methyl sites for hydroxylation is 2. The van der Waals surface area contributed by atoms with Crippen LogP contribution in [0.2, 0.25) is 0 Å². The van der Waals surface area contributed by atoms with E-state index in [1.54, 1.807) is 0 Å². The number of nitriles is 1. The maximum atomic E-state index is 9.09. The minimum Gasteiger partial charge on any atom is -0.302 e. The van der Waals surface area contributed by atoms with Crippen molar-refractivity contribution in [1.29, 1.82) is 5.26 Å². The number of nitrogens with zero attached hydrogens (tertiary/aromatic N) is 3. The lowest BCUT2D eigenvalue weighted by molar-refractivity contribution is 1.04. The smallest absolute Gasteiger partial charge is 0.137 e. The van der Waals surface area contributed by atoms with Gasteiger partial charge in [-0.2, -0.15) is 5.26 Å². The normalized spacial score (nSPS) is 10.7. The summed E-state index contributed by atoms with van der Waals surface area (Å²) in [6, 6.07) is 14.5. The molecule has 0 unspecified atom stereocenters. The van der Waals surface area contributed by atoms with Crippen LogP contribution in [0.5, 0.6) is 0 Å². The van der Waals surface area contributed by atoms with Crippen LogP contribution >= 0.6 is 0 Å². The average Bonchev–Trinajstić information content (AvgIpc) is 2.79. The van der Waals surface area contributed by atoms with E-state index in [9.17, 15) is 0 Å². The minimum atomic E-state index is 0.355. The maximum Gasteiger partial charge on any atom is 0.137 e. The van der Waals surface area contributed by atoms with Crippen LogP contribution in [0.25, 0.3) is 16.9 Å². The number of imidazole rings is 1. The summed E-state index contributed by atoms with van der Waals surface area (Å²) in [5.74, 6) is 0. The van der Waals surface area contributed by atoms with Gasteiger partial charge in [0.25, 0.3) is 0 Å². The highest BCUT2D eigenvalue weighted by Gasteiger charge is 2.13. The lowest BCUT2D eigenvalue weighted by Crippen LogP contribution is -1.94. The van der Waals surface area contributed by atoms with Crippen LogP contribution in [0, 0.1) is 25.2 Å². The van der Waals surface area contributed by atoms with Crippen LogP contribution in [-0.4, -0.2) is 9.38 Å². The van der Waals surface area contributed by atoms with Crippen molar-refractivity contribution in [3.8, 4) is 17.3 Å². The summed E-state index contributed by atoms with van der Waals surface area (Å²) in [5, 5.41) is 9.09. The topological polar surface area (TPSA) is 41.1 Å². The van der Waals surface area contributed by atoms with Crippen molar-refractivity contribution in [1.82, 2.24) is 9.38 Å². The van der Waals surface area contributed by atoms with Gasteiger partial charge in [0, 0.05) is 11.8 Å². The predicted molar refractivity (Wildman–Crippen MR) is 79.4 cm³/mol. The molecule has 0 bridgehead atoms. The molecule has 0 atom stereocenters. The molecule has 2 heterocycles. The Bertz CT molecular complexity index is 805. The van der Waals surface area contributed by atoms with Crippen molar-refractivity contribution in [3.63, 3.8) is 0 Å². The van der Waals surface area contributed by atoms with Gasteiger partial charge in [0.2, 0.25) is 0 Å². The van der Waals surface area contributed by atoms with E-state index in [1.165, 1.54) is 5.56 Å². The first-order chi connectivity index (χ1) is 9.69. The molecule has 0 saturated carbocycles. The van der Waals surface area contributed by atoms with E-state index >= 15 is 0 Å². The van der Waals surface area contributed by atoms with E-state index in [0.29, 0.717) is 6.42 Å². The quantitative estimate of drug-likeness (QED) is 0.706. The van der Waals surface area contributed by atoms with Crippen molar-refractivity contribution in [2.75, 3.05) is 0 Å². The van der Waals surface area contributed by atoms with Crippen molar-refractivity contribution in [2.24, 2.45) is 0 Å². The minimum absolute atomic E-state index is 0.355. The van der Waals surface area contributed by atoms with E-state index < -0.39 is 0 Å². The van der Waals surface area contributed by atoms with E-state index in [0.717, 1.165) is 28.2 Å². The first kappa shape index (κ1) is 12.4. The lowest BCUT2D eigenvalue weighted by Gasteiger charge is -2.02. The van der Waals surface area contributed by atoms with E-state index in [-0.39, 0.29) is 0 Å². The van der Waals surface area contributed by atoms with Gasteiger partial charge in [-0.1, -0.05) is 35.9 Å². The number of rotatable bonds is 2. The zero-order chi connectivity index (χ0) is 14.1. The van der Waals surface area contributed by atoms with Crippen LogP contribution < -0.4 is 0 Å². The van der Waals surface area contributed by atoms with E-state index in [4.69, 9.17) is 5.26 Å². The first-order valence-corrected chi connectivity index (χ1v) is 6.60. The van der Waals surface area contributed by atoms with Crippen molar-refractivity contribution in [2.45, 2.75) is 20.3 Å². The fraction of sp³-hybridized carbons (Fsp3) is 0.176. The highest BCUT2D eigenvalue weighted by Crippen LogP contribution is 2.25. The Hall–Kier alpha value is -2.60. The zero-order valence-electron chi connectivity index (χ0n) is 11.6. The monoisotopic (exact) mass is 261 g/mol. The molecule has 20 heavy (non-hydrogen) atoms. The SMILES string of the molecule is Cc1ccc(-c2nc3ccc(C)cn3c2CC#N)cc1. The van der Waals surface area contributed by atoms with Crippen molar-refractivity contribution >= 4 is 5.65 Å². The van der Waals surface area contributed by atoms with Crippen molar-refractivity contribution < 1.29 is 0 Å². The summed E-state index contributed by atoms with van der Waals surface area (Å²) in [4.78, 5) is 4.68. The van der Waals surface area contributed by atoms with Crippen LogP contribution in [0.1, 0.15) is 16.8 Å². The van der Waals surface area contributed by atoms with Gasteiger partial charge in [0.1, 0.15) is 5.65 Å². The second-order valence-electron chi connectivity index (χ2n) is 5.04. The molecule has 0 fully saturated rings. The van der Waals surface area contributed by atoms with E-state index in [1.807, 2.05) is 29.7 Å². The molecular formula is C17H15N3. The molecule has 3 nitrogen and oxygen atoms in total. The Labute approximate surface area is 118 Å².